The maximum absolute atomic E-state index is 12.4. The molecular formula is C19H23N3O3. The molecule has 0 aliphatic carbocycles. The van der Waals surface area contributed by atoms with Gasteiger partial charge < -0.3 is 19.5 Å². The van der Waals surface area contributed by atoms with Crippen LogP contribution in [0.3, 0.4) is 0 Å². The number of carbonyl (C=O) groups excluding carboxylic acids is 2. The average Bonchev–Trinajstić information content (AvgIpc) is 2.95. The average molecular weight is 341 g/mol. The molecule has 1 aromatic heterocycles. The van der Waals surface area contributed by atoms with Crippen molar-refractivity contribution in [3.05, 3.63) is 42.1 Å². The molecule has 1 atom stereocenters. The lowest BCUT2D eigenvalue weighted by Gasteiger charge is -2.34. The molecule has 1 aliphatic heterocycles. The summed E-state index contributed by atoms with van der Waals surface area (Å²) in [6, 6.07) is 8.07. The zero-order valence-electron chi connectivity index (χ0n) is 14.6. The number of hydrogen-bond acceptors (Lipinski definition) is 3. The summed E-state index contributed by atoms with van der Waals surface area (Å²) in [6.07, 6.45) is 4.45. The summed E-state index contributed by atoms with van der Waals surface area (Å²) >= 11 is 0. The van der Waals surface area contributed by atoms with E-state index in [1.165, 1.54) is 6.92 Å². The van der Waals surface area contributed by atoms with Crippen LogP contribution in [-0.4, -0.2) is 63.6 Å². The number of hydrogen-bond donors (Lipinski definition) is 1. The van der Waals surface area contributed by atoms with Gasteiger partial charge in [0.2, 0.25) is 5.91 Å². The van der Waals surface area contributed by atoms with Gasteiger partial charge in [-0.05, 0) is 19.1 Å². The third-order valence-electron chi connectivity index (χ3n) is 4.59. The van der Waals surface area contributed by atoms with Gasteiger partial charge in [0.05, 0.1) is 0 Å². The Morgan fingerprint density at radius 1 is 1.12 bits per heavy atom. The van der Waals surface area contributed by atoms with Gasteiger partial charge in [0.25, 0.3) is 5.91 Å². The molecule has 25 heavy (non-hydrogen) atoms. The summed E-state index contributed by atoms with van der Waals surface area (Å²) < 4.78 is 2.04. The van der Waals surface area contributed by atoms with Crippen molar-refractivity contribution in [1.82, 2.24) is 14.4 Å². The SMILES string of the molecule is CC(O)C(=O)N1CCN(C(=O)/C=C/c2cn(C)c3ccccc23)CC1. The topological polar surface area (TPSA) is 65.8 Å². The largest absolute Gasteiger partial charge is 0.384 e. The van der Waals surface area contributed by atoms with Crippen molar-refractivity contribution >= 4 is 28.8 Å². The third kappa shape index (κ3) is 3.58. The van der Waals surface area contributed by atoms with Crippen molar-refractivity contribution in [3.8, 4) is 0 Å². The number of aryl methyl sites for hydroxylation is 1. The molecule has 3 rings (SSSR count). The molecule has 1 aliphatic rings. The molecule has 1 saturated heterocycles. The van der Waals surface area contributed by atoms with Crippen molar-refractivity contribution in [2.24, 2.45) is 7.05 Å². The Labute approximate surface area is 146 Å². The van der Waals surface area contributed by atoms with Gasteiger partial charge in [-0.15, -0.1) is 0 Å². The molecule has 2 aromatic rings. The van der Waals surface area contributed by atoms with Crippen LogP contribution in [0.4, 0.5) is 0 Å². The Hall–Kier alpha value is -2.60. The second kappa shape index (κ2) is 7.11. The summed E-state index contributed by atoms with van der Waals surface area (Å²) in [4.78, 5) is 27.5. The van der Waals surface area contributed by atoms with Crippen molar-refractivity contribution in [3.63, 3.8) is 0 Å². The van der Waals surface area contributed by atoms with E-state index in [9.17, 15) is 14.7 Å². The Morgan fingerprint density at radius 3 is 2.44 bits per heavy atom. The van der Waals surface area contributed by atoms with E-state index >= 15 is 0 Å². The number of benzene rings is 1. The minimum absolute atomic E-state index is 0.0583. The first-order valence-electron chi connectivity index (χ1n) is 8.45. The Bertz CT molecular complexity index is 814. The molecule has 1 fully saturated rings. The highest BCUT2D eigenvalue weighted by atomic mass is 16.3. The zero-order valence-corrected chi connectivity index (χ0v) is 14.6. The molecule has 2 heterocycles. The fourth-order valence-electron chi connectivity index (χ4n) is 3.18. The molecule has 132 valence electrons. The normalized spacial score (nSPS) is 16.6. The van der Waals surface area contributed by atoms with Crippen LogP contribution in [0.15, 0.2) is 36.5 Å². The van der Waals surface area contributed by atoms with E-state index in [0.29, 0.717) is 26.2 Å². The van der Waals surface area contributed by atoms with Crippen molar-refractivity contribution in [1.29, 1.82) is 0 Å². The van der Waals surface area contributed by atoms with E-state index in [0.717, 1.165) is 16.5 Å². The fraction of sp³-hybridized carbons (Fsp3) is 0.368. The standard InChI is InChI=1S/C19H23N3O3/c1-14(23)19(25)22-11-9-21(10-12-22)18(24)8-7-15-13-20(2)17-6-4-3-5-16(15)17/h3-8,13-14,23H,9-12H2,1-2H3/b8-7+. The molecule has 6 nitrogen and oxygen atoms in total. The summed E-state index contributed by atoms with van der Waals surface area (Å²) in [5, 5.41) is 10.5. The molecule has 0 spiro atoms. The molecule has 1 aromatic carbocycles. The molecule has 0 bridgehead atoms. The first kappa shape index (κ1) is 17.2. The van der Waals surface area contributed by atoms with E-state index in [2.05, 4.69) is 0 Å². The first-order valence-corrected chi connectivity index (χ1v) is 8.45. The minimum Gasteiger partial charge on any atom is -0.384 e. The number of aliphatic hydroxyl groups is 1. The highest BCUT2D eigenvalue weighted by molar-refractivity contribution is 5.96. The quantitative estimate of drug-likeness (QED) is 0.855. The molecule has 2 amide bonds. The predicted octanol–water partition coefficient (Wildman–Crippen LogP) is 1.24. The number of carbonyl (C=O) groups is 2. The highest BCUT2D eigenvalue weighted by Gasteiger charge is 2.25. The Kier molecular flexibility index (Phi) is 4.90. The summed E-state index contributed by atoms with van der Waals surface area (Å²) in [5.41, 5.74) is 2.13. The monoisotopic (exact) mass is 341 g/mol. The van der Waals surface area contributed by atoms with Crippen LogP contribution in [0.1, 0.15) is 12.5 Å². The van der Waals surface area contributed by atoms with Gasteiger partial charge in [0.1, 0.15) is 6.10 Å². The number of nitrogens with zero attached hydrogens (tertiary/aromatic N) is 3. The van der Waals surface area contributed by atoms with Crippen LogP contribution >= 0.6 is 0 Å². The summed E-state index contributed by atoms with van der Waals surface area (Å²) in [7, 11) is 1.99. The zero-order chi connectivity index (χ0) is 18.0. The van der Waals surface area contributed by atoms with Gasteiger partial charge in [-0.2, -0.15) is 0 Å². The smallest absolute Gasteiger partial charge is 0.251 e. The Morgan fingerprint density at radius 2 is 1.76 bits per heavy atom. The lowest BCUT2D eigenvalue weighted by atomic mass is 10.1. The predicted molar refractivity (Wildman–Crippen MR) is 96.8 cm³/mol. The van der Waals surface area contributed by atoms with Gasteiger partial charge in [-0.25, -0.2) is 0 Å². The Balaban J connectivity index is 1.65. The lowest BCUT2D eigenvalue weighted by Crippen LogP contribution is -2.52. The van der Waals surface area contributed by atoms with E-state index < -0.39 is 6.10 Å². The van der Waals surface area contributed by atoms with Crippen LogP contribution in [0, 0.1) is 0 Å². The van der Waals surface area contributed by atoms with Crippen LogP contribution in [0.5, 0.6) is 0 Å². The number of piperazine rings is 1. The van der Waals surface area contributed by atoms with Crippen LogP contribution in [-0.2, 0) is 16.6 Å². The number of para-hydroxylation sites is 1. The maximum Gasteiger partial charge on any atom is 0.251 e. The maximum atomic E-state index is 12.4. The second-order valence-corrected chi connectivity index (χ2v) is 6.37. The fourth-order valence-corrected chi connectivity index (χ4v) is 3.18. The van der Waals surface area contributed by atoms with Gasteiger partial charge in [0, 0.05) is 62.0 Å². The number of rotatable bonds is 3. The molecule has 1 N–H and O–H groups in total. The van der Waals surface area contributed by atoms with E-state index in [4.69, 9.17) is 0 Å². The number of fused-ring (bicyclic) bond motifs is 1. The lowest BCUT2D eigenvalue weighted by molar-refractivity contribution is -0.143. The molecule has 1 unspecified atom stereocenters. The third-order valence-corrected chi connectivity index (χ3v) is 4.59. The molecule has 0 saturated carbocycles. The van der Waals surface area contributed by atoms with E-state index in [-0.39, 0.29) is 11.8 Å². The molecule has 0 radical (unpaired) electrons. The molecular weight excluding hydrogens is 318 g/mol. The van der Waals surface area contributed by atoms with Crippen molar-refractivity contribution < 1.29 is 14.7 Å². The van der Waals surface area contributed by atoms with Crippen molar-refractivity contribution in [2.75, 3.05) is 26.2 Å². The van der Waals surface area contributed by atoms with Crippen molar-refractivity contribution in [2.45, 2.75) is 13.0 Å². The van der Waals surface area contributed by atoms with E-state index in [1.807, 2.05) is 48.2 Å². The van der Waals surface area contributed by atoms with Gasteiger partial charge in [0.15, 0.2) is 0 Å². The van der Waals surface area contributed by atoms with Gasteiger partial charge in [-0.1, -0.05) is 18.2 Å². The van der Waals surface area contributed by atoms with Crippen LogP contribution in [0.2, 0.25) is 0 Å². The highest BCUT2D eigenvalue weighted by Crippen LogP contribution is 2.21. The molecule has 6 heteroatoms. The van der Waals surface area contributed by atoms with Crippen LogP contribution < -0.4 is 0 Å². The van der Waals surface area contributed by atoms with E-state index in [1.54, 1.807) is 15.9 Å². The summed E-state index contributed by atoms with van der Waals surface area (Å²) in [6.45, 7) is 3.34. The second-order valence-electron chi connectivity index (χ2n) is 6.37. The number of aromatic nitrogens is 1. The number of amides is 2. The summed E-state index contributed by atoms with van der Waals surface area (Å²) in [5.74, 6) is -0.338. The first-order chi connectivity index (χ1) is 12.0. The van der Waals surface area contributed by atoms with Crippen LogP contribution in [0.25, 0.3) is 17.0 Å². The minimum atomic E-state index is -0.992. The van der Waals surface area contributed by atoms with Gasteiger partial charge in [-0.3, -0.25) is 9.59 Å². The number of aliphatic hydroxyl groups excluding tert-OH is 1. The van der Waals surface area contributed by atoms with Gasteiger partial charge >= 0.3 is 0 Å².